The van der Waals surface area contributed by atoms with Crippen LogP contribution in [0.5, 0.6) is 5.75 Å². The number of aromatic nitrogens is 2. The Labute approximate surface area is 127 Å². The van der Waals surface area contributed by atoms with E-state index in [-0.39, 0.29) is 17.5 Å². The van der Waals surface area contributed by atoms with Crippen molar-refractivity contribution in [3.8, 4) is 5.75 Å². The molecule has 0 aliphatic rings. The number of nitrogens with two attached hydrogens (primary N) is 1. The molecule has 6 nitrogen and oxygen atoms in total. The Morgan fingerprint density at radius 2 is 2.19 bits per heavy atom. The van der Waals surface area contributed by atoms with E-state index < -0.39 is 0 Å². The average molecular weight is 304 g/mol. The maximum absolute atomic E-state index is 11.9. The summed E-state index contributed by atoms with van der Waals surface area (Å²) in [5.41, 5.74) is 7.04. The molecule has 3 N–H and O–H groups in total. The molecule has 0 atom stereocenters. The summed E-state index contributed by atoms with van der Waals surface area (Å²) >= 11 is 4.94. The number of hydrogen-bond donors (Lipinski definition) is 2. The fourth-order valence-electron chi connectivity index (χ4n) is 1.85. The minimum Gasteiger partial charge on any atom is -0.483 e. The standard InChI is InChI=1S/C14H16N4O2S/c1-9-7-12(18(2)17-9)16-13(19)8-20-11-6-4-3-5-10(11)14(15)21/h3-7H,8H2,1-2H3,(H2,15,21)(H,16,19). The van der Waals surface area contributed by atoms with Crippen LogP contribution in [0.3, 0.4) is 0 Å². The van der Waals surface area contributed by atoms with Crippen molar-refractivity contribution in [3.05, 3.63) is 41.6 Å². The van der Waals surface area contributed by atoms with Crippen LogP contribution in [0.4, 0.5) is 5.82 Å². The molecular formula is C14H16N4O2S. The first-order valence-corrected chi connectivity index (χ1v) is 6.70. The van der Waals surface area contributed by atoms with Crippen molar-refractivity contribution in [2.45, 2.75) is 6.92 Å². The van der Waals surface area contributed by atoms with Gasteiger partial charge in [0.15, 0.2) is 6.61 Å². The van der Waals surface area contributed by atoms with Crippen molar-refractivity contribution in [1.82, 2.24) is 9.78 Å². The van der Waals surface area contributed by atoms with Crippen molar-refractivity contribution in [1.29, 1.82) is 0 Å². The van der Waals surface area contributed by atoms with Crippen LogP contribution in [0, 0.1) is 6.92 Å². The van der Waals surface area contributed by atoms with E-state index in [0.29, 0.717) is 17.1 Å². The van der Waals surface area contributed by atoms with Crippen LogP contribution in [0.25, 0.3) is 0 Å². The van der Waals surface area contributed by atoms with E-state index in [1.54, 1.807) is 42.1 Å². The Balaban J connectivity index is 1.99. The van der Waals surface area contributed by atoms with Crippen molar-refractivity contribution in [2.75, 3.05) is 11.9 Å². The number of rotatable bonds is 5. The number of ether oxygens (including phenoxy) is 1. The Bertz CT molecular complexity index is 681. The van der Waals surface area contributed by atoms with Gasteiger partial charge in [-0.3, -0.25) is 9.48 Å². The van der Waals surface area contributed by atoms with E-state index >= 15 is 0 Å². The minimum atomic E-state index is -0.282. The number of hydrogen-bond acceptors (Lipinski definition) is 4. The molecular weight excluding hydrogens is 288 g/mol. The number of benzene rings is 1. The summed E-state index contributed by atoms with van der Waals surface area (Å²) in [5.74, 6) is 0.820. The lowest BCUT2D eigenvalue weighted by molar-refractivity contribution is -0.118. The van der Waals surface area contributed by atoms with Gasteiger partial charge < -0.3 is 15.8 Å². The highest BCUT2D eigenvalue weighted by molar-refractivity contribution is 7.80. The second kappa shape index (κ2) is 6.36. The molecule has 1 aromatic heterocycles. The number of nitrogens with one attached hydrogen (secondary N) is 1. The summed E-state index contributed by atoms with van der Waals surface area (Å²) in [6, 6.07) is 8.84. The number of thiocarbonyl (C=S) groups is 1. The molecule has 110 valence electrons. The number of carbonyl (C=O) groups is 1. The third kappa shape index (κ3) is 3.79. The van der Waals surface area contributed by atoms with E-state index in [2.05, 4.69) is 10.4 Å². The van der Waals surface area contributed by atoms with Gasteiger partial charge in [-0.1, -0.05) is 24.4 Å². The topological polar surface area (TPSA) is 82.2 Å². The highest BCUT2D eigenvalue weighted by atomic mass is 32.1. The average Bonchev–Trinajstić information content (AvgIpc) is 2.74. The Morgan fingerprint density at radius 3 is 2.81 bits per heavy atom. The van der Waals surface area contributed by atoms with E-state index in [1.807, 2.05) is 6.92 Å². The van der Waals surface area contributed by atoms with Gasteiger partial charge in [0, 0.05) is 13.1 Å². The van der Waals surface area contributed by atoms with Crippen LogP contribution in [0.1, 0.15) is 11.3 Å². The van der Waals surface area contributed by atoms with Crippen molar-refractivity contribution < 1.29 is 9.53 Å². The summed E-state index contributed by atoms with van der Waals surface area (Å²) in [5, 5.41) is 6.87. The first kappa shape index (κ1) is 15.0. The fourth-order valence-corrected chi connectivity index (χ4v) is 2.01. The molecule has 0 aliphatic carbocycles. The van der Waals surface area contributed by atoms with Gasteiger partial charge in [-0.05, 0) is 19.1 Å². The highest BCUT2D eigenvalue weighted by Gasteiger charge is 2.10. The lowest BCUT2D eigenvalue weighted by atomic mass is 10.2. The van der Waals surface area contributed by atoms with Gasteiger partial charge in [-0.15, -0.1) is 0 Å². The van der Waals surface area contributed by atoms with Crippen LogP contribution in [-0.4, -0.2) is 27.3 Å². The van der Waals surface area contributed by atoms with Crippen molar-refractivity contribution >= 4 is 28.9 Å². The van der Waals surface area contributed by atoms with Gasteiger partial charge in [0.05, 0.1) is 11.3 Å². The van der Waals surface area contributed by atoms with Gasteiger partial charge in [0.25, 0.3) is 5.91 Å². The normalized spacial score (nSPS) is 10.2. The number of carbonyl (C=O) groups excluding carboxylic acids is 1. The molecule has 21 heavy (non-hydrogen) atoms. The molecule has 0 aliphatic heterocycles. The quantitative estimate of drug-likeness (QED) is 0.816. The van der Waals surface area contributed by atoms with E-state index in [4.69, 9.17) is 22.7 Å². The zero-order valence-corrected chi connectivity index (χ0v) is 12.6. The summed E-state index contributed by atoms with van der Waals surface area (Å²) in [6.45, 7) is 1.72. The van der Waals surface area contributed by atoms with Gasteiger partial charge in [-0.25, -0.2) is 0 Å². The minimum absolute atomic E-state index is 0.135. The number of para-hydroxylation sites is 1. The van der Waals surface area contributed by atoms with E-state index in [1.165, 1.54) is 0 Å². The Morgan fingerprint density at radius 1 is 1.48 bits per heavy atom. The summed E-state index contributed by atoms with van der Waals surface area (Å²) in [4.78, 5) is 12.1. The predicted molar refractivity (Wildman–Crippen MR) is 84.4 cm³/mol. The molecule has 1 amide bonds. The molecule has 0 saturated heterocycles. The van der Waals surface area contributed by atoms with Gasteiger partial charge in [0.2, 0.25) is 0 Å². The maximum Gasteiger partial charge on any atom is 0.263 e. The molecule has 2 rings (SSSR count). The van der Waals surface area contributed by atoms with Crippen molar-refractivity contribution in [3.63, 3.8) is 0 Å². The molecule has 0 radical (unpaired) electrons. The third-order valence-corrected chi connectivity index (χ3v) is 3.00. The lowest BCUT2D eigenvalue weighted by Crippen LogP contribution is -2.22. The summed E-state index contributed by atoms with van der Waals surface area (Å²) < 4.78 is 7.06. The number of anilines is 1. The zero-order chi connectivity index (χ0) is 15.4. The van der Waals surface area contributed by atoms with Crippen LogP contribution in [0.15, 0.2) is 30.3 Å². The van der Waals surface area contributed by atoms with Crippen molar-refractivity contribution in [2.24, 2.45) is 12.8 Å². The van der Waals surface area contributed by atoms with Gasteiger partial charge >= 0.3 is 0 Å². The first-order valence-electron chi connectivity index (χ1n) is 6.29. The first-order chi connectivity index (χ1) is 9.97. The molecule has 7 heteroatoms. The molecule has 0 bridgehead atoms. The lowest BCUT2D eigenvalue weighted by Gasteiger charge is -2.10. The largest absolute Gasteiger partial charge is 0.483 e. The van der Waals surface area contributed by atoms with E-state index in [9.17, 15) is 4.79 Å². The third-order valence-electron chi connectivity index (χ3n) is 2.78. The molecule has 2 aromatic rings. The molecule has 0 unspecified atom stereocenters. The highest BCUT2D eigenvalue weighted by Crippen LogP contribution is 2.17. The SMILES string of the molecule is Cc1cc(NC(=O)COc2ccccc2C(N)=S)n(C)n1. The molecule has 0 spiro atoms. The van der Waals surface area contributed by atoms with Crippen LogP contribution >= 0.6 is 12.2 Å². The van der Waals surface area contributed by atoms with Crippen LogP contribution < -0.4 is 15.8 Å². The molecule has 1 aromatic carbocycles. The summed E-state index contributed by atoms with van der Waals surface area (Å²) in [6.07, 6.45) is 0. The predicted octanol–water partition coefficient (Wildman–Crippen LogP) is 1.38. The van der Waals surface area contributed by atoms with E-state index in [0.717, 1.165) is 5.69 Å². The fraction of sp³-hybridized carbons (Fsp3) is 0.214. The number of amides is 1. The molecule has 0 fully saturated rings. The van der Waals surface area contributed by atoms with Gasteiger partial charge in [-0.2, -0.15) is 5.10 Å². The second-order valence-electron chi connectivity index (χ2n) is 4.49. The zero-order valence-electron chi connectivity index (χ0n) is 11.8. The van der Waals surface area contributed by atoms with Crippen LogP contribution in [-0.2, 0) is 11.8 Å². The Hall–Kier alpha value is -2.41. The number of nitrogens with zero attached hydrogens (tertiary/aromatic N) is 2. The number of aryl methyl sites for hydroxylation is 2. The summed E-state index contributed by atoms with van der Waals surface area (Å²) in [7, 11) is 1.76. The molecule has 1 heterocycles. The van der Waals surface area contributed by atoms with Crippen LogP contribution in [0.2, 0.25) is 0 Å². The second-order valence-corrected chi connectivity index (χ2v) is 4.93. The molecule has 0 saturated carbocycles. The van der Waals surface area contributed by atoms with Gasteiger partial charge in [0.1, 0.15) is 16.6 Å². The smallest absolute Gasteiger partial charge is 0.263 e. The maximum atomic E-state index is 11.9. The monoisotopic (exact) mass is 304 g/mol. The Kier molecular flexibility index (Phi) is 4.54.